The molecule has 1 aromatic rings. The van der Waals surface area contributed by atoms with Gasteiger partial charge in [-0.2, -0.15) is 18.2 Å². The van der Waals surface area contributed by atoms with Crippen LogP contribution in [0.1, 0.15) is 45.7 Å². The number of aromatic nitrogens is 2. The Labute approximate surface area is 142 Å². The number of allylic oxidation sites excluding steroid dienone is 2. The van der Waals surface area contributed by atoms with E-state index in [0.29, 0.717) is 24.8 Å². The van der Waals surface area contributed by atoms with E-state index in [1.54, 1.807) is 13.8 Å². The topological polar surface area (TPSA) is 66.9 Å². The summed E-state index contributed by atoms with van der Waals surface area (Å²) in [6.07, 6.45) is -1.92. The summed E-state index contributed by atoms with van der Waals surface area (Å²) in [6, 6.07) is -2.09. The second-order valence-electron chi connectivity index (χ2n) is 6.25. The summed E-state index contributed by atoms with van der Waals surface area (Å²) in [5.74, 6) is -1.69. The van der Waals surface area contributed by atoms with Gasteiger partial charge in [-0.25, -0.2) is 9.37 Å². The molecule has 0 spiro atoms. The molecule has 0 radical (unpaired) electrons. The minimum absolute atomic E-state index is 0.00203. The molecular weight excluding hydrogens is 340 g/mol. The summed E-state index contributed by atoms with van der Waals surface area (Å²) in [4.78, 5) is 19.5. The number of hydrogen-bond acceptors (Lipinski definition) is 5. The highest BCUT2D eigenvalue weighted by atomic mass is 19.4. The molecule has 1 atom stereocenters. The molecule has 1 aromatic heterocycles. The molecule has 1 aliphatic rings. The lowest BCUT2D eigenvalue weighted by atomic mass is 9.96. The number of carbonyl (C=O) groups is 1. The fraction of sp³-hybridized carbons (Fsp3) is 0.562. The van der Waals surface area contributed by atoms with Crippen molar-refractivity contribution in [1.29, 1.82) is 0 Å². The lowest BCUT2D eigenvalue weighted by Crippen LogP contribution is -2.34. The zero-order valence-corrected chi connectivity index (χ0v) is 14.2. The highest BCUT2D eigenvalue weighted by Gasteiger charge is 2.37. The first-order valence-electron chi connectivity index (χ1n) is 7.99. The molecule has 0 aliphatic heterocycles. The maximum Gasteiger partial charge on any atom is 0.408 e. The first-order chi connectivity index (χ1) is 11.6. The molecule has 0 bridgehead atoms. The molecule has 2 rings (SSSR count). The molecule has 1 aliphatic carbocycles. The Morgan fingerprint density at radius 1 is 1.12 bits per heavy atom. The lowest BCUT2D eigenvalue weighted by molar-refractivity contribution is -0.138. The van der Waals surface area contributed by atoms with Crippen LogP contribution in [0.4, 0.5) is 29.3 Å². The monoisotopic (exact) mass is 360 g/mol. The van der Waals surface area contributed by atoms with Crippen molar-refractivity contribution in [1.82, 2.24) is 9.97 Å². The number of rotatable bonds is 5. The molecule has 5 nitrogen and oxygen atoms in total. The predicted octanol–water partition coefficient (Wildman–Crippen LogP) is 3.94. The summed E-state index contributed by atoms with van der Waals surface area (Å²) < 4.78 is 53.1. The third kappa shape index (κ3) is 4.90. The molecule has 0 saturated heterocycles. The number of nitrogens with one attached hydrogen (secondary N) is 2. The van der Waals surface area contributed by atoms with Gasteiger partial charge in [0.15, 0.2) is 17.4 Å². The van der Waals surface area contributed by atoms with Crippen molar-refractivity contribution in [2.75, 3.05) is 10.6 Å². The van der Waals surface area contributed by atoms with E-state index in [1.807, 2.05) is 0 Å². The Bertz CT molecular complexity index is 685. The van der Waals surface area contributed by atoms with Crippen LogP contribution in [0.15, 0.2) is 6.08 Å². The Balaban J connectivity index is 2.47. The number of hydrogen-bond donors (Lipinski definition) is 2. The van der Waals surface area contributed by atoms with Gasteiger partial charge in [0.05, 0.1) is 0 Å². The van der Waals surface area contributed by atoms with Gasteiger partial charge in [-0.15, -0.1) is 0 Å². The van der Waals surface area contributed by atoms with Crippen LogP contribution in [0.3, 0.4) is 0 Å². The van der Waals surface area contributed by atoms with E-state index in [4.69, 9.17) is 0 Å². The number of ketones is 1. The van der Waals surface area contributed by atoms with Crippen molar-refractivity contribution in [2.45, 2.75) is 58.3 Å². The van der Waals surface area contributed by atoms with E-state index >= 15 is 0 Å². The van der Waals surface area contributed by atoms with Gasteiger partial charge in [0.25, 0.3) is 0 Å². The lowest BCUT2D eigenvalue weighted by Gasteiger charge is -2.21. The zero-order chi connectivity index (χ0) is 18.8. The van der Waals surface area contributed by atoms with Crippen LogP contribution in [-0.4, -0.2) is 34.0 Å². The number of alkyl halides is 3. The van der Waals surface area contributed by atoms with Gasteiger partial charge in [-0.1, -0.05) is 0 Å². The van der Waals surface area contributed by atoms with Gasteiger partial charge in [0.1, 0.15) is 11.7 Å². The van der Waals surface area contributed by atoms with Gasteiger partial charge in [-0.3, -0.25) is 4.79 Å². The average molecular weight is 360 g/mol. The maximum atomic E-state index is 14.7. The predicted molar refractivity (Wildman–Crippen MR) is 86.7 cm³/mol. The second-order valence-corrected chi connectivity index (χ2v) is 6.25. The number of nitrogens with zero attached hydrogens (tertiary/aromatic N) is 2. The summed E-state index contributed by atoms with van der Waals surface area (Å²) in [5, 5.41) is 4.90. The minimum atomic E-state index is -4.55. The van der Waals surface area contributed by atoms with Crippen LogP contribution in [0.5, 0.6) is 0 Å². The van der Waals surface area contributed by atoms with Crippen LogP contribution in [0, 0.1) is 5.82 Å². The van der Waals surface area contributed by atoms with Crippen molar-refractivity contribution in [2.24, 2.45) is 0 Å². The molecule has 9 heteroatoms. The molecule has 0 aromatic carbocycles. The average Bonchev–Trinajstić information content (AvgIpc) is 2.48. The summed E-state index contributed by atoms with van der Waals surface area (Å²) >= 11 is 0. The van der Waals surface area contributed by atoms with Crippen LogP contribution in [0.25, 0.3) is 5.57 Å². The largest absolute Gasteiger partial charge is 0.408 e. The van der Waals surface area contributed by atoms with E-state index < -0.39 is 23.9 Å². The van der Waals surface area contributed by atoms with Crippen molar-refractivity contribution >= 4 is 23.1 Å². The van der Waals surface area contributed by atoms with E-state index in [0.717, 1.165) is 6.92 Å². The van der Waals surface area contributed by atoms with E-state index in [2.05, 4.69) is 20.6 Å². The SMILES string of the molecule is CC(C)Nc1nc(N[C@H](C)C(F)(F)F)c(F)c(C2=CC(=O)CCC2)n1. The molecule has 25 heavy (non-hydrogen) atoms. The standard InChI is InChI=1S/C16H20F4N4O/c1-8(2)21-15-23-13(10-5-4-6-11(25)7-10)12(17)14(24-15)22-9(3)16(18,19)20/h7-9H,4-6H2,1-3H3,(H2,21,22,23,24)/t9-/m1/s1. The van der Waals surface area contributed by atoms with E-state index in [1.165, 1.54) is 6.08 Å². The normalized spacial score (nSPS) is 16.6. The highest BCUT2D eigenvalue weighted by molar-refractivity contribution is 5.98. The first-order valence-corrected chi connectivity index (χ1v) is 7.99. The minimum Gasteiger partial charge on any atom is -0.356 e. The molecule has 0 saturated carbocycles. The van der Waals surface area contributed by atoms with Crippen molar-refractivity contribution in [3.8, 4) is 0 Å². The third-order valence-corrected chi connectivity index (χ3v) is 3.62. The van der Waals surface area contributed by atoms with Gasteiger partial charge in [0, 0.05) is 12.5 Å². The molecular formula is C16H20F4N4O. The van der Waals surface area contributed by atoms with E-state index in [-0.39, 0.29) is 23.5 Å². The van der Waals surface area contributed by atoms with Crippen LogP contribution in [-0.2, 0) is 4.79 Å². The van der Waals surface area contributed by atoms with Gasteiger partial charge in [0.2, 0.25) is 5.95 Å². The fourth-order valence-electron chi connectivity index (χ4n) is 2.34. The Morgan fingerprint density at radius 2 is 1.80 bits per heavy atom. The Hall–Kier alpha value is -2.19. The van der Waals surface area contributed by atoms with E-state index in [9.17, 15) is 22.4 Å². The molecule has 2 N–H and O–H groups in total. The van der Waals surface area contributed by atoms with Crippen LogP contribution < -0.4 is 10.6 Å². The van der Waals surface area contributed by atoms with Gasteiger partial charge in [-0.05, 0) is 45.3 Å². The number of carbonyl (C=O) groups excluding carboxylic acids is 1. The third-order valence-electron chi connectivity index (χ3n) is 3.62. The molecule has 0 fully saturated rings. The molecule has 0 unspecified atom stereocenters. The Morgan fingerprint density at radius 3 is 2.36 bits per heavy atom. The smallest absolute Gasteiger partial charge is 0.356 e. The van der Waals surface area contributed by atoms with Gasteiger partial charge >= 0.3 is 6.18 Å². The van der Waals surface area contributed by atoms with Crippen molar-refractivity contribution in [3.63, 3.8) is 0 Å². The first kappa shape index (κ1) is 19.1. The van der Waals surface area contributed by atoms with Crippen LogP contribution in [0.2, 0.25) is 0 Å². The molecule has 0 amide bonds. The molecule has 1 heterocycles. The zero-order valence-electron chi connectivity index (χ0n) is 14.2. The molecule has 138 valence electrons. The second kappa shape index (κ2) is 7.37. The highest BCUT2D eigenvalue weighted by Crippen LogP contribution is 2.31. The summed E-state index contributed by atoms with van der Waals surface area (Å²) in [6.45, 7) is 4.46. The van der Waals surface area contributed by atoms with Gasteiger partial charge < -0.3 is 10.6 Å². The summed E-state index contributed by atoms with van der Waals surface area (Å²) in [7, 11) is 0. The quantitative estimate of drug-likeness (QED) is 0.779. The number of halogens is 4. The Kier molecular flexibility index (Phi) is 5.64. The fourth-order valence-corrected chi connectivity index (χ4v) is 2.34. The van der Waals surface area contributed by atoms with Crippen molar-refractivity contribution < 1.29 is 22.4 Å². The summed E-state index contributed by atoms with van der Waals surface area (Å²) in [5.41, 5.74) is 0.216. The van der Waals surface area contributed by atoms with Crippen LogP contribution >= 0.6 is 0 Å². The number of anilines is 2. The van der Waals surface area contributed by atoms with Crippen molar-refractivity contribution in [3.05, 3.63) is 17.6 Å². The maximum absolute atomic E-state index is 14.7.